The van der Waals surface area contributed by atoms with E-state index >= 15 is 0 Å². The molecule has 0 bridgehead atoms. The van der Waals surface area contributed by atoms with E-state index in [0.717, 1.165) is 5.56 Å². The van der Waals surface area contributed by atoms with Gasteiger partial charge in [0.15, 0.2) is 0 Å². The molecule has 0 spiro atoms. The van der Waals surface area contributed by atoms with Crippen LogP contribution < -0.4 is 9.46 Å². The summed E-state index contributed by atoms with van der Waals surface area (Å²) in [4.78, 5) is 2.19. The molecule has 0 aromatic heterocycles. The molecule has 0 radical (unpaired) electrons. The van der Waals surface area contributed by atoms with E-state index in [9.17, 15) is 16.8 Å². The molecule has 10 heteroatoms. The Morgan fingerprint density at radius 3 is 2.37 bits per heavy atom. The molecular weight excluding hydrogens is 390 g/mol. The van der Waals surface area contributed by atoms with Crippen molar-refractivity contribution >= 4 is 20.0 Å². The highest BCUT2D eigenvalue weighted by atomic mass is 32.2. The van der Waals surface area contributed by atoms with Gasteiger partial charge in [-0.25, -0.2) is 21.6 Å². The van der Waals surface area contributed by atoms with E-state index in [2.05, 4.69) is 9.62 Å². The molecule has 1 saturated heterocycles. The number of ether oxygens (including phenoxy) is 1. The molecule has 0 unspecified atom stereocenters. The third kappa shape index (κ3) is 5.89. The van der Waals surface area contributed by atoms with Crippen LogP contribution in [0.15, 0.2) is 23.1 Å². The molecule has 1 aromatic rings. The summed E-state index contributed by atoms with van der Waals surface area (Å²) >= 11 is 0. The smallest absolute Gasteiger partial charge is 0.244 e. The number of nitrogens with zero attached hydrogens (tertiary/aromatic N) is 2. The number of sulfonamides is 2. The second-order valence-corrected chi connectivity index (χ2v) is 10.4. The van der Waals surface area contributed by atoms with Crippen molar-refractivity contribution in [2.45, 2.75) is 25.2 Å². The van der Waals surface area contributed by atoms with Gasteiger partial charge in [0.1, 0.15) is 10.6 Å². The van der Waals surface area contributed by atoms with Gasteiger partial charge in [-0.2, -0.15) is 4.31 Å². The highest BCUT2D eigenvalue weighted by Crippen LogP contribution is 2.24. The number of rotatable bonds is 9. The number of hydrogen-bond acceptors (Lipinski definition) is 6. The Labute approximate surface area is 162 Å². The SMILES string of the molecule is CCCS(=O)(=O)N1CCN(CCNS(=O)(=O)c2cc(C)ccc2OC)CC1. The summed E-state index contributed by atoms with van der Waals surface area (Å²) in [6.07, 6.45) is 0.604. The van der Waals surface area contributed by atoms with Crippen LogP contribution in [-0.2, 0) is 20.0 Å². The predicted octanol–water partition coefficient (Wildman–Crippen LogP) is 0.639. The Morgan fingerprint density at radius 2 is 1.78 bits per heavy atom. The Morgan fingerprint density at radius 1 is 1.11 bits per heavy atom. The van der Waals surface area contributed by atoms with E-state index in [1.165, 1.54) is 11.4 Å². The van der Waals surface area contributed by atoms with Gasteiger partial charge in [0.2, 0.25) is 20.0 Å². The predicted molar refractivity (Wildman–Crippen MR) is 105 cm³/mol. The number of methoxy groups -OCH3 is 1. The first-order chi connectivity index (χ1) is 12.7. The Kier molecular flexibility index (Phi) is 7.64. The zero-order valence-electron chi connectivity index (χ0n) is 16.1. The molecule has 1 aromatic carbocycles. The van der Waals surface area contributed by atoms with Gasteiger partial charge in [-0.05, 0) is 31.0 Å². The lowest BCUT2D eigenvalue weighted by atomic mass is 10.2. The Balaban J connectivity index is 1.88. The first kappa shape index (κ1) is 22.1. The molecular formula is C17H29N3O5S2. The minimum absolute atomic E-state index is 0.125. The van der Waals surface area contributed by atoms with E-state index in [1.54, 1.807) is 18.2 Å². The summed E-state index contributed by atoms with van der Waals surface area (Å²) in [5, 5.41) is 0. The number of aryl methyl sites for hydroxylation is 1. The minimum Gasteiger partial charge on any atom is -0.495 e. The van der Waals surface area contributed by atoms with Crippen LogP contribution in [0.5, 0.6) is 5.75 Å². The van der Waals surface area contributed by atoms with Crippen molar-refractivity contribution in [3.63, 3.8) is 0 Å². The normalized spacial score (nSPS) is 17.1. The minimum atomic E-state index is -3.68. The summed E-state index contributed by atoms with van der Waals surface area (Å²) in [6.45, 7) is 6.53. The topological polar surface area (TPSA) is 96.0 Å². The maximum absolute atomic E-state index is 12.6. The second-order valence-electron chi connectivity index (χ2n) is 6.61. The van der Waals surface area contributed by atoms with Gasteiger partial charge in [-0.15, -0.1) is 0 Å². The van der Waals surface area contributed by atoms with E-state index in [-0.39, 0.29) is 17.2 Å². The van der Waals surface area contributed by atoms with E-state index < -0.39 is 20.0 Å². The fourth-order valence-corrected chi connectivity index (χ4v) is 5.79. The van der Waals surface area contributed by atoms with Crippen LogP contribution in [0, 0.1) is 6.92 Å². The fraction of sp³-hybridized carbons (Fsp3) is 0.647. The Bertz CT molecular complexity index is 832. The fourth-order valence-electron chi connectivity index (χ4n) is 3.03. The van der Waals surface area contributed by atoms with Gasteiger partial charge in [0.05, 0.1) is 12.9 Å². The lowest BCUT2D eigenvalue weighted by molar-refractivity contribution is 0.191. The standard InChI is InChI=1S/C17H29N3O5S2/c1-4-13-26(21,22)20-11-9-19(10-12-20)8-7-18-27(23,24)17-14-15(2)5-6-16(17)25-3/h5-6,14,18H,4,7-13H2,1-3H3. The molecule has 27 heavy (non-hydrogen) atoms. The first-order valence-corrected chi connectivity index (χ1v) is 12.1. The zero-order chi connectivity index (χ0) is 20.1. The van der Waals surface area contributed by atoms with Gasteiger partial charge >= 0.3 is 0 Å². The van der Waals surface area contributed by atoms with Crippen molar-refractivity contribution in [1.29, 1.82) is 0 Å². The molecule has 0 saturated carbocycles. The van der Waals surface area contributed by atoms with Crippen molar-refractivity contribution in [3.8, 4) is 5.75 Å². The Hall–Kier alpha value is -1.20. The number of benzene rings is 1. The molecule has 0 aliphatic carbocycles. The van der Waals surface area contributed by atoms with Crippen LogP contribution in [0.2, 0.25) is 0 Å². The van der Waals surface area contributed by atoms with Gasteiger partial charge in [-0.3, -0.25) is 4.90 Å². The summed E-state index contributed by atoms with van der Waals surface area (Å²) in [6, 6.07) is 5.02. The molecule has 154 valence electrons. The van der Waals surface area contributed by atoms with Crippen LogP contribution in [0.3, 0.4) is 0 Å². The average Bonchev–Trinajstić information content (AvgIpc) is 2.62. The van der Waals surface area contributed by atoms with Crippen molar-refractivity contribution in [2.24, 2.45) is 0 Å². The summed E-state index contributed by atoms with van der Waals surface area (Å²) < 4.78 is 58.6. The molecule has 1 aliphatic rings. The number of nitrogens with one attached hydrogen (secondary N) is 1. The van der Waals surface area contributed by atoms with Crippen molar-refractivity contribution in [3.05, 3.63) is 23.8 Å². The lowest BCUT2D eigenvalue weighted by Crippen LogP contribution is -2.50. The van der Waals surface area contributed by atoms with Crippen LogP contribution in [0.25, 0.3) is 0 Å². The summed E-state index contributed by atoms with van der Waals surface area (Å²) in [5.74, 6) is 0.480. The monoisotopic (exact) mass is 419 g/mol. The van der Waals surface area contributed by atoms with Crippen LogP contribution >= 0.6 is 0 Å². The third-order valence-corrected chi connectivity index (χ3v) is 8.07. The van der Waals surface area contributed by atoms with E-state index in [4.69, 9.17) is 4.74 Å². The van der Waals surface area contributed by atoms with Crippen molar-refractivity contribution < 1.29 is 21.6 Å². The molecule has 0 amide bonds. The molecule has 1 heterocycles. The highest BCUT2D eigenvalue weighted by molar-refractivity contribution is 7.89. The molecule has 1 N–H and O–H groups in total. The molecule has 8 nitrogen and oxygen atoms in total. The molecule has 1 aliphatic heterocycles. The van der Waals surface area contributed by atoms with Crippen LogP contribution in [0.4, 0.5) is 0 Å². The zero-order valence-corrected chi connectivity index (χ0v) is 17.8. The lowest BCUT2D eigenvalue weighted by Gasteiger charge is -2.33. The van der Waals surface area contributed by atoms with Crippen molar-refractivity contribution in [1.82, 2.24) is 13.9 Å². The van der Waals surface area contributed by atoms with Gasteiger partial charge < -0.3 is 4.74 Å². The quantitative estimate of drug-likeness (QED) is 0.631. The molecule has 1 fully saturated rings. The largest absolute Gasteiger partial charge is 0.495 e. The van der Waals surface area contributed by atoms with E-state index in [0.29, 0.717) is 44.9 Å². The second kappa shape index (κ2) is 9.33. The van der Waals surface area contributed by atoms with E-state index in [1.807, 2.05) is 13.8 Å². The first-order valence-electron chi connectivity index (χ1n) is 9.04. The molecule has 2 rings (SSSR count). The summed E-state index contributed by atoms with van der Waals surface area (Å²) in [7, 11) is -5.40. The maximum atomic E-state index is 12.6. The van der Waals surface area contributed by atoms with Crippen LogP contribution in [0.1, 0.15) is 18.9 Å². The van der Waals surface area contributed by atoms with Crippen molar-refractivity contribution in [2.75, 3.05) is 52.1 Å². The average molecular weight is 420 g/mol. The van der Waals surface area contributed by atoms with Crippen LogP contribution in [-0.4, -0.2) is 78.2 Å². The maximum Gasteiger partial charge on any atom is 0.244 e. The number of hydrogen-bond donors (Lipinski definition) is 1. The summed E-state index contributed by atoms with van der Waals surface area (Å²) in [5.41, 5.74) is 0.834. The third-order valence-electron chi connectivity index (χ3n) is 4.52. The van der Waals surface area contributed by atoms with Gasteiger partial charge in [0.25, 0.3) is 0 Å². The van der Waals surface area contributed by atoms with Gasteiger partial charge in [-0.1, -0.05) is 13.0 Å². The number of piperazine rings is 1. The van der Waals surface area contributed by atoms with Gasteiger partial charge in [0, 0.05) is 39.3 Å². The highest BCUT2D eigenvalue weighted by Gasteiger charge is 2.26. The molecule has 0 atom stereocenters.